The van der Waals surface area contributed by atoms with Gasteiger partial charge in [0.05, 0.1) is 0 Å². The second kappa shape index (κ2) is 5.35. The molecule has 1 aromatic heterocycles. The third-order valence-corrected chi connectivity index (χ3v) is 3.41. The molecular formula is C11H17BrN2. The highest BCUT2D eigenvalue weighted by Gasteiger charge is 2.10. The van der Waals surface area contributed by atoms with Crippen molar-refractivity contribution in [3.8, 4) is 0 Å². The first-order valence-corrected chi connectivity index (χ1v) is 6.00. The molecule has 0 saturated heterocycles. The van der Waals surface area contributed by atoms with Crippen molar-refractivity contribution in [3.63, 3.8) is 0 Å². The van der Waals surface area contributed by atoms with Crippen molar-refractivity contribution in [3.05, 3.63) is 23.9 Å². The summed E-state index contributed by atoms with van der Waals surface area (Å²) in [5.41, 5.74) is 1.19. The Hall–Kier alpha value is -0.570. The Morgan fingerprint density at radius 3 is 2.64 bits per heavy atom. The molecular weight excluding hydrogens is 240 g/mol. The second-order valence-corrected chi connectivity index (χ2v) is 4.43. The highest BCUT2D eigenvalue weighted by Crippen LogP contribution is 2.12. The van der Waals surface area contributed by atoms with Gasteiger partial charge >= 0.3 is 0 Å². The molecule has 0 bridgehead atoms. The topological polar surface area (TPSA) is 24.9 Å². The molecule has 1 aromatic rings. The lowest BCUT2D eigenvalue weighted by molar-refractivity contribution is 0.570. The van der Waals surface area contributed by atoms with Crippen LogP contribution < -0.4 is 5.32 Å². The number of pyridine rings is 1. The monoisotopic (exact) mass is 256 g/mol. The number of hydrogen-bond donors (Lipinski definition) is 1. The van der Waals surface area contributed by atoms with Crippen molar-refractivity contribution < 1.29 is 0 Å². The molecule has 0 spiro atoms. The number of nitrogens with zero attached hydrogens (tertiary/aromatic N) is 1. The van der Waals surface area contributed by atoms with Crippen LogP contribution in [0.4, 0.5) is 5.82 Å². The zero-order valence-corrected chi connectivity index (χ0v) is 10.5. The number of halogens is 1. The zero-order chi connectivity index (χ0) is 10.6. The van der Waals surface area contributed by atoms with E-state index < -0.39 is 0 Å². The standard InChI is InChI=1S/C11H17BrN2/c1-8-4-5-11(13-7-8)14-10(3)9(2)6-12/h4-5,7,9-10H,6H2,1-3H3,(H,13,14). The van der Waals surface area contributed by atoms with Gasteiger partial charge in [-0.2, -0.15) is 0 Å². The number of hydrogen-bond acceptors (Lipinski definition) is 2. The minimum absolute atomic E-state index is 0.435. The number of nitrogens with one attached hydrogen (secondary N) is 1. The predicted molar refractivity (Wildman–Crippen MR) is 65.0 cm³/mol. The van der Waals surface area contributed by atoms with Crippen LogP contribution >= 0.6 is 15.9 Å². The number of rotatable bonds is 4. The summed E-state index contributed by atoms with van der Waals surface area (Å²) in [5.74, 6) is 1.55. The largest absolute Gasteiger partial charge is 0.367 e. The lowest BCUT2D eigenvalue weighted by Crippen LogP contribution is -2.25. The summed E-state index contributed by atoms with van der Waals surface area (Å²) in [6, 6.07) is 4.53. The van der Waals surface area contributed by atoms with Gasteiger partial charge < -0.3 is 5.32 Å². The minimum Gasteiger partial charge on any atom is -0.367 e. The fourth-order valence-corrected chi connectivity index (χ4v) is 1.62. The molecule has 0 aliphatic rings. The first-order valence-electron chi connectivity index (χ1n) is 4.88. The molecule has 1 N–H and O–H groups in total. The third-order valence-electron chi connectivity index (χ3n) is 2.38. The van der Waals surface area contributed by atoms with Crippen LogP contribution in [0.1, 0.15) is 19.4 Å². The molecule has 0 saturated carbocycles. The van der Waals surface area contributed by atoms with E-state index >= 15 is 0 Å². The van der Waals surface area contributed by atoms with Crippen LogP contribution in [-0.2, 0) is 0 Å². The van der Waals surface area contributed by atoms with Crippen molar-refractivity contribution in [1.82, 2.24) is 4.98 Å². The zero-order valence-electron chi connectivity index (χ0n) is 8.92. The van der Waals surface area contributed by atoms with Gasteiger partial charge in [-0.05, 0) is 31.4 Å². The molecule has 1 rings (SSSR count). The summed E-state index contributed by atoms with van der Waals surface area (Å²) in [5, 5.41) is 4.39. The van der Waals surface area contributed by atoms with Gasteiger partial charge in [0.1, 0.15) is 5.82 Å². The van der Waals surface area contributed by atoms with Crippen LogP contribution in [0.5, 0.6) is 0 Å². The van der Waals surface area contributed by atoms with Crippen LogP contribution in [0, 0.1) is 12.8 Å². The summed E-state index contributed by atoms with van der Waals surface area (Å²) in [6.45, 7) is 6.43. The number of anilines is 1. The Labute approximate surface area is 94.3 Å². The molecule has 2 atom stereocenters. The van der Waals surface area contributed by atoms with Gasteiger partial charge in [-0.1, -0.05) is 28.9 Å². The molecule has 0 fully saturated rings. The molecule has 3 heteroatoms. The summed E-state index contributed by atoms with van der Waals surface area (Å²) in [6.07, 6.45) is 1.88. The first-order chi connectivity index (χ1) is 6.63. The smallest absolute Gasteiger partial charge is 0.126 e. The maximum absolute atomic E-state index is 4.31. The summed E-state index contributed by atoms with van der Waals surface area (Å²) < 4.78 is 0. The fourth-order valence-electron chi connectivity index (χ4n) is 1.06. The Bertz CT molecular complexity index is 271. The van der Waals surface area contributed by atoms with Gasteiger partial charge in [-0.3, -0.25) is 0 Å². The van der Waals surface area contributed by atoms with E-state index in [9.17, 15) is 0 Å². The minimum atomic E-state index is 0.435. The highest BCUT2D eigenvalue weighted by molar-refractivity contribution is 9.09. The maximum atomic E-state index is 4.31. The molecule has 2 unspecified atom stereocenters. The van der Waals surface area contributed by atoms with Crippen molar-refractivity contribution in [2.75, 3.05) is 10.6 Å². The van der Waals surface area contributed by atoms with E-state index in [1.165, 1.54) is 5.56 Å². The lowest BCUT2D eigenvalue weighted by atomic mass is 10.1. The van der Waals surface area contributed by atoms with Crippen LogP contribution in [0.15, 0.2) is 18.3 Å². The van der Waals surface area contributed by atoms with Crippen molar-refractivity contribution >= 4 is 21.7 Å². The van der Waals surface area contributed by atoms with Gasteiger partial charge in [0.2, 0.25) is 0 Å². The van der Waals surface area contributed by atoms with Crippen molar-refractivity contribution in [2.24, 2.45) is 5.92 Å². The molecule has 0 aliphatic heterocycles. The highest BCUT2D eigenvalue weighted by atomic mass is 79.9. The number of aryl methyl sites for hydroxylation is 1. The summed E-state index contributed by atoms with van der Waals surface area (Å²) in [4.78, 5) is 4.31. The third kappa shape index (κ3) is 3.29. The van der Waals surface area contributed by atoms with Crippen molar-refractivity contribution in [2.45, 2.75) is 26.8 Å². The summed E-state index contributed by atoms with van der Waals surface area (Å²) in [7, 11) is 0. The Morgan fingerprint density at radius 1 is 1.43 bits per heavy atom. The van der Waals surface area contributed by atoms with E-state index in [-0.39, 0.29) is 0 Å². The number of aromatic nitrogens is 1. The normalized spacial score (nSPS) is 14.9. The molecule has 0 amide bonds. The van der Waals surface area contributed by atoms with Crippen LogP contribution in [0.25, 0.3) is 0 Å². The molecule has 78 valence electrons. The van der Waals surface area contributed by atoms with Crippen LogP contribution in [0.3, 0.4) is 0 Å². The molecule has 0 radical (unpaired) electrons. The quantitative estimate of drug-likeness (QED) is 0.838. The van der Waals surface area contributed by atoms with Gasteiger partial charge in [0.25, 0.3) is 0 Å². The van der Waals surface area contributed by atoms with E-state index in [1.54, 1.807) is 0 Å². The Balaban J connectivity index is 2.56. The average molecular weight is 257 g/mol. The average Bonchev–Trinajstić information content (AvgIpc) is 2.20. The molecule has 0 aliphatic carbocycles. The second-order valence-electron chi connectivity index (χ2n) is 3.79. The van der Waals surface area contributed by atoms with Gasteiger partial charge in [-0.25, -0.2) is 4.98 Å². The first kappa shape index (κ1) is 11.5. The fraction of sp³-hybridized carbons (Fsp3) is 0.545. The number of alkyl halides is 1. The van der Waals surface area contributed by atoms with E-state index in [0.29, 0.717) is 12.0 Å². The Kier molecular flexibility index (Phi) is 4.39. The van der Waals surface area contributed by atoms with Gasteiger partial charge in [-0.15, -0.1) is 0 Å². The molecule has 1 heterocycles. The van der Waals surface area contributed by atoms with Crippen molar-refractivity contribution in [1.29, 1.82) is 0 Å². The SMILES string of the molecule is Cc1ccc(NC(C)C(C)CBr)nc1. The maximum Gasteiger partial charge on any atom is 0.126 e. The van der Waals surface area contributed by atoms with Gasteiger partial charge in [0, 0.05) is 17.6 Å². The summed E-state index contributed by atoms with van der Waals surface area (Å²) >= 11 is 3.48. The van der Waals surface area contributed by atoms with E-state index in [1.807, 2.05) is 19.2 Å². The Morgan fingerprint density at radius 2 is 2.14 bits per heavy atom. The molecule has 2 nitrogen and oxygen atoms in total. The van der Waals surface area contributed by atoms with E-state index in [0.717, 1.165) is 11.1 Å². The molecule has 0 aromatic carbocycles. The van der Waals surface area contributed by atoms with E-state index in [2.05, 4.69) is 46.1 Å². The van der Waals surface area contributed by atoms with Gasteiger partial charge in [0.15, 0.2) is 0 Å². The van der Waals surface area contributed by atoms with E-state index in [4.69, 9.17) is 0 Å². The molecule has 14 heavy (non-hydrogen) atoms. The predicted octanol–water partition coefficient (Wildman–Crippen LogP) is 3.22. The lowest BCUT2D eigenvalue weighted by Gasteiger charge is -2.19. The van der Waals surface area contributed by atoms with Crippen LogP contribution in [0.2, 0.25) is 0 Å². The van der Waals surface area contributed by atoms with Crippen LogP contribution in [-0.4, -0.2) is 16.4 Å².